The third-order valence-electron chi connectivity index (χ3n) is 8.89. The first-order valence-corrected chi connectivity index (χ1v) is 15.1. The minimum atomic E-state index is 0.974. The fourth-order valence-corrected chi connectivity index (χ4v) is 6.84. The van der Waals surface area contributed by atoms with E-state index in [2.05, 4.69) is 171 Å². The van der Waals surface area contributed by atoms with Crippen LogP contribution in [-0.4, -0.2) is 0 Å². The first-order chi connectivity index (χ1) is 21.7. The zero-order valence-corrected chi connectivity index (χ0v) is 24.4. The highest BCUT2D eigenvalue weighted by molar-refractivity contribution is 6.22. The van der Waals surface area contributed by atoms with E-state index in [0.29, 0.717) is 0 Å². The molecule has 0 fully saturated rings. The minimum Gasteiger partial charge on any atom is -0.0912 e. The van der Waals surface area contributed by atoms with Gasteiger partial charge in [-0.2, -0.15) is 0 Å². The van der Waals surface area contributed by atoms with E-state index in [1.165, 1.54) is 65.3 Å². The second-order valence-electron chi connectivity index (χ2n) is 11.5. The summed E-state index contributed by atoms with van der Waals surface area (Å²) in [6.45, 7) is 9.08. The van der Waals surface area contributed by atoms with Gasteiger partial charge in [-0.25, -0.2) is 0 Å². The SMILES string of the molecule is C=C(/C=c1/cc(-c2cccc3ccccc23)ccc1=C)c1c2ccccc2c(-c2cccc3ccccc23)c2ccccc12. The van der Waals surface area contributed by atoms with Gasteiger partial charge in [-0.3, -0.25) is 0 Å². The first kappa shape index (κ1) is 25.9. The number of hydrogen-bond donors (Lipinski definition) is 0. The highest BCUT2D eigenvalue weighted by Gasteiger charge is 2.17. The Kier molecular flexibility index (Phi) is 6.21. The van der Waals surface area contributed by atoms with Crippen molar-refractivity contribution >= 4 is 61.3 Å². The monoisotopic (exact) mass is 558 g/mol. The number of benzene rings is 8. The largest absolute Gasteiger partial charge is 0.0912 e. The first-order valence-electron chi connectivity index (χ1n) is 15.1. The van der Waals surface area contributed by atoms with Gasteiger partial charge in [-0.05, 0) is 99.1 Å². The summed E-state index contributed by atoms with van der Waals surface area (Å²) in [7, 11) is 0. The summed E-state index contributed by atoms with van der Waals surface area (Å²) in [5.41, 5.74) is 7.05. The molecule has 0 heterocycles. The van der Waals surface area contributed by atoms with Crippen molar-refractivity contribution in [2.75, 3.05) is 0 Å². The van der Waals surface area contributed by atoms with Crippen LogP contribution in [0.4, 0.5) is 0 Å². The summed E-state index contributed by atoms with van der Waals surface area (Å²) < 4.78 is 0. The van der Waals surface area contributed by atoms with Crippen LogP contribution >= 0.6 is 0 Å². The zero-order chi connectivity index (χ0) is 29.6. The van der Waals surface area contributed by atoms with Crippen LogP contribution in [0, 0.1) is 0 Å². The van der Waals surface area contributed by atoms with Gasteiger partial charge in [0.25, 0.3) is 0 Å². The van der Waals surface area contributed by atoms with E-state index in [9.17, 15) is 0 Å². The van der Waals surface area contributed by atoms with Gasteiger partial charge in [-0.15, -0.1) is 0 Å². The van der Waals surface area contributed by atoms with Crippen molar-refractivity contribution in [1.82, 2.24) is 0 Å². The van der Waals surface area contributed by atoms with Crippen LogP contribution in [0.15, 0.2) is 158 Å². The van der Waals surface area contributed by atoms with E-state index in [1.807, 2.05) is 0 Å². The molecule has 8 aromatic rings. The average molecular weight is 559 g/mol. The average Bonchev–Trinajstić information content (AvgIpc) is 3.07. The second kappa shape index (κ2) is 10.5. The molecular weight excluding hydrogens is 528 g/mol. The highest BCUT2D eigenvalue weighted by Crippen LogP contribution is 2.43. The van der Waals surface area contributed by atoms with Gasteiger partial charge in [0, 0.05) is 0 Å². The van der Waals surface area contributed by atoms with Gasteiger partial charge in [0.05, 0.1) is 0 Å². The lowest BCUT2D eigenvalue weighted by Crippen LogP contribution is -2.22. The quantitative estimate of drug-likeness (QED) is 0.189. The molecule has 0 N–H and O–H groups in total. The summed E-state index contributed by atoms with van der Waals surface area (Å²) in [4.78, 5) is 0. The van der Waals surface area contributed by atoms with Crippen molar-refractivity contribution in [1.29, 1.82) is 0 Å². The van der Waals surface area contributed by atoms with Crippen LogP contribution in [0.2, 0.25) is 0 Å². The molecule has 0 aliphatic heterocycles. The summed E-state index contributed by atoms with van der Waals surface area (Å²) in [6.07, 6.45) is 2.21. The molecule has 0 aliphatic carbocycles. The predicted octanol–water partition coefficient (Wildman–Crippen LogP) is 10.5. The van der Waals surface area contributed by atoms with Crippen molar-refractivity contribution in [2.45, 2.75) is 0 Å². The van der Waals surface area contributed by atoms with Crippen molar-refractivity contribution in [2.24, 2.45) is 0 Å². The molecule has 44 heavy (non-hydrogen) atoms. The molecule has 0 atom stereocenters. The van der Waals surface area contributed by atoms with Crippen LogP contribution in [0.25, 0.3) is 83.6 Å². The molecule has 0 radical (unpaired) electrons. The standard InChI is InChI=1S/C44H30/c1-29-25-26-33(37-23-11-15-31-13-3-5-17-35(31)37)28-34(29)27-30(2)43-39-19-7-9-21-41(39)44(42-22-10-8-20-40(42)43)38-24-12-16-32-14-4-6-18-36(32)38/h3-28H,1-2H2/b34-27-. The number of hydrogen-bond acceptors (Lipinski definition) is 0. The van der Waals surface area contributed by atoms with E-state index < -0.39 is 0 Å². The van der Waals surface area contributed by atoms with Crippen LogP contribution in [-0.2, 0) is 0 Å². The lowest BCUT2D eigenvalue weighted by molar-refractivity contribution is 1.52. The fraction of sp³-hybridized carbons (Fsp3) is 0. The molecule has 206 valence electrons. The summed E-state index contributed by atoms with van der Waals surface area (Å²) in [5, 5.41) is 11.9. The van der Waals surface area contributed by atoms with E-state index in [1.54, 1.807) is 0 Å². The maximum Gasteiger partial charge on any atom is -0.00201 e. The molecule has 0 saturated heterocycles. The smallest absolute Gasteiger partial charge is 0.00201 e. The van der Waals surface area contributed by atoms with Gasteiger partial charge in [-0.1, -0.05) is 159 Å². The molecule has 0 heteroatoms. The van der Waals surface area contributed by atoms with E-state index in [0.717, 1.165) is 21.6 Å². The summed E-state index contributed by atoms with van der Waals surface area (Å²) in [6, 6.07) is 54.4. The summed E-state index contributed by atoms with van der Waals surface area (Å²) in [5.74, 6) is 0. The van der Waals surface area contributed by atoms with E-state index in [4.69, 9.17) is 0 Å². The second-order valence-corrected chi connectivity index (χ2v) is 11.5. The lowest BCUT2D eigenvalue weighted by Gasteiger charge is -2.18. The molecule has 0 unspecified atom stereocenters. The minimum absolute atomic E-state index is 0.974. The Morgan fingerprint density at radius 3 is 1.55 bits per heavy atom. The summed E-state index contributed by atoms with van der Waals surface area (Å²) >= 11 is 0. The molecule has 8 rings (SSSR count). The molecule has 0 amide bonds. The Labute approximate surface area is 257 Å². The maximum absolute atomic E-state index is 4.68. The van der Waals surface area contributed by atoms with Crippen molar-refractivity contribution in [3.63, 3.8) is 0 Å². The molecule has 0 aliphatic rings. The van der Waals surface area contributed by atoms with Crippen molar-refractivity contribution in [3.8, 4) is 22.3 Å². The fourth-order valence-electron chi connectivity index (χ4n) is 6.84. The van der Waals surface area contributed by atoms with E-state index >= 15 is 0 Å². The number of rotatable bonds is 4. The Bertz CT molecular complexity index is 2460. The topological polar surface area (TPSA) is 0 Å². The van der Waals surface area contributed by atoms with Crippen LogP contribution in [0.3, 0.4) is 0 Å². The van der Waals surface area contributed by atoms with Crippen LogP contribution in [0.5, 0.6) is 0 Å². The van der Waals surface area contributed by atoms with Crippen molar-refractivity contribution in [3.05, 3.63) is 174 Å². The van der Waals surface area contributed by atoms with Crippen LogP contribution in [0.1, 0.15) is 5.56 Å². The molecule has 0 saturated carbocycles. The Morgan fingerprint density at radius 1 is 0.455 bits per heavy atom. The Balaban J connectivity index is 1.37. The Morgan fingerprint density at radius 2 is 0.932 bits per heavy atom. The third-order valence-corrected chi connectivity index (χ3v) is 8.89. The van der Waals surface area contributed by atoms with Gasteiger partial charge < -0.3 is 0 Å². The van der Waals surface area contributed by atoms with Gasteiger partial charge in [0.1, 0.15) is 0 Å². The van der Waals surface area contributed by atoms with E-state index in [-0.39, 0.29) is 0 Å². The normalized spacial score (nSPS) is 12.0. The number of fused-ring (bicyclic) bond motifs is 4. The molecule has 0 bridgehead atoms. The predicted molar refractivity (Wildman–Crippen MR) is 192 cm³/mol. The number of allylic oxidation sites excluding steroid dienone is 1. The maximum atomic E-state index is 4.68. The molecule has 0 spiro atoms. The molecule has 0 nitrogen and oxygen atoms in total. The molecule has 0 aromatic heterocycles. The van der Waals surface area contributed by atoms with Gasteiger partial charge >= 0.3 is 0 Å². The third kappa shape index (κ3) is 4.23. The lowest BCUT2D eigenvalue weighted by atomic mass is 9.84. The van der Waals surface area contributed by atoms with Gasteiger partial charge in [0.15, 0.2) is 0 Å². The van der Waals surface area contributed by atoms with Crippen LogP contribution < -0.4 is 10.4 Å². The van der Waals surface area contributed by atoms with Crippen molar-refractivity contribution < 1.29 is 0 Å². The Hall–Kier alpha value is -5.72. The van der Waals surface area contributed by atoms with Gasteiger partial charge in [0.2, 0.25) is 0 Å². The molecule has 8 aromatic carbocycles. The zero-order valence-electron chi connectivity index (χ0n) is 24.4. The molecular formula is C44H30. The highest BCUT2D eigenvalue weighted by atomic mass is 14.2.